The average molecular weight is 387 g/mol. The van der Waals surface area contributed by atoms with E-state index in [4.69, 9.17) is 4.98 Å². The van der Waals surface area contributed by atoms with Crippen molar-refractivity contribution in [1.29, 1.82) is 0 Å². The van der Waals surface area contributed by atoms with Gasteiger partial charge in [-0.15, -0.1) is 0 Å². The number of rotatable bonds is 4. The lowest BCUT2D eigenvalue weighted by molar-refractivity contribution is 0.234. The van der Waals surface area contributed by atoms with Crippen LogP contribution in [-0.2, 0) is 16.3 Å². The van der Waals surface area contributed by atoms with Crippen LogP contribution in [0.4, 0.5) is 4.39 Å². The van der Waals surface area contributed by atoms with Crippen LogP contribution < -0.4 is 0 Å². The summed E-state index contributed by atoms with van der Waals surface area (Å²) in [6.45, 7) is -0.0385. The number of imidazole rings is 1. The summed E-state index contributed by atoms with van der Waals surface area (Å²) in [7, 11) is -3.47. The van der Waals surface area contributed by atoms with Crippen molar-refractivity contribution >= 4 is 9.84 Å². The number of aryl methyl sites for hydroxylation is 1. The number of aromatic nitrogens is 3. The van der Waals surface area contributed by atoms with E-state index in [1.54, 1.807) is 18.2 Å². The number of benzene rings is 1. The Morgan fingerprint density at radius 1 is 1.22 bits per heavy atom. The zero-order valence-electron chi connectivity index (χ0n) is 14.6. The van der Waals surface area contributed by atoms with E-state index in [1.807, 2.05) is 4.57 Å². The van der Waals surface area contributed by atoms with Gasteiger partial charge in [0.25, 0.3) is 0 Å². The number of nitrogens with zero attached hydrogens (tertiary/aromatic N) is 3. The first-order valence-electron chi connectivity index (χ1n) is 8.53. The molecule has 6 nitrogen and oxygen atoms in total. The monoisotopic (exact) mass is 387 g/mol. The first kappa shape index (κ1) is 17.8. The number of aliphatic hydroxyl groups excluding tert-OH is 1. The second kappa shape index (κ2) is 6.54. The molecular weight excluding hydrogens is 369 g/mol. The zero-order chi connectivity index (χ0) is 19.2. The van der Waals surface area contributed by atoms with Crippen molar-refractivity contribution in [2.75, 3.05) is 12.9 Å². The van der Waals surface area contributed by atoms with Crippen molar-refractivity contribution in [3.8, 4) is 22.5 Å². The first-order chi connectivity index (χ1) is 12.9. The molecule has 1 aliphatic heterocycles. The standard InChI is InChI=1S/C19H18FN3O3S/c1-27(25,26)17-10-13(8-9-21-17)19-18(12-2-4-14(20)5-3-12)22-16-7-6-15(11-24)23(16)19/h2-5,8-10,15,24H,6-7,11H2,1H3. The third-order valence-corrected chi connectivity index (χ3v) is 5.75. The molecule has 1 atom stereocenters. The maximum absolute atomic E-state index is 13.4. The van der Waals surface area contributed by atoms with Crippen molar-refractivity contribution in [3.05, 3.63) is 54.2 Å². The highest BCUT2D eigenvalue weighted by Gasteiger charge is 2.30. The maximum Gasteiger partial charge on any atom is 0.192 e. The molecule has 140 valence electrons. The van der Waals surface area contributed by atoms with Crippen LogP contribution in [0, 0.1) is 5.82 Å². The SMILES string of the molecule is CS(=O)(=O)c1cc(-c2c(-c3ccc(F)cc3)nc3n2C(CO)CC3)ccn1. The summed E-state index contributed by atoms with van der Waals surface area (Å²) in [5, 5.41) is 9.75. The van der Waals surface area contributed by atoms with E-state index in [0.717, 1.165) is 24.1 Å². The van der Waals surface area contributed by atoms with Crippen LogP contribution in [0.2, 0.25) is 0 Å². The average Bonchev–Trinajstić information content (AvgIpc) is 3.20. The van der Waals surface area contributed by atoms with E-state index in [1.165, 1.54) is 24.4 Å². The zero-order valence-corrected chi connectivity index (χ0v) is 15.4. The summed E-state index contributed by atoms with van der Waals surface area (Å²) in [6.07, 6.45) is 4.03. The van der Waals surface area contributed by atoms with E-state index in [-0.39, 0.29) is 23.5 Å². The molecule has 0 amide bonds. The van der Waals surface area contributed by atoms with Crippen molar-refractivity contribution in [3.63, 3.8) is 0 Å². The van der Waals surface area contributed by atoms with Gasteiger partial charge in [-0.3, -0.25) is 0 Å². The number of aliphatic hydroxyl groups is 1. The number of halogens is 1. The Balaban J connectivity index is 1.97. The van der Waals surface area contributed by atoms with E-state index in [2.05, 4.69) is 4.98 Å². The fourth-order valence-corrected chi connectivity index (χ4v) is 4.08. The Bertz CT molecular complexity index is 1110. The molecule has 0 aliphatic carbocycles. The van der Waals surface area contributed by atoms with Crippen molar-refractivity contribution in [2.45, 2.75) is 23.9 Å². The second-order valence-electron chi connectivity index (χ2n) is 6.63. The quantitative estimate of drug-likeness (QED) is 0.744. The van der Waals surface area contributed by atoms with Gasteiger partial charge in [0.2, 0.25) is 0 Å². The minimum atomic E-state index is -3.47. The van der Waals surface area contributed by atoms with Gasteiger partial charge < -0.3 is 9.67 Å². The molecule has 8 heteroatoms. The van der Waals surface area contributed by atoms with Crippen LogP contribution in [0.25, 0.3) is 22.5 Å². The molecule has 0 saturated heterocycles. The Morgan fingerprint density at radius 2 is 1.96 bits per heavy atom. The van der Waals surface area contributed by atoms with E-state index in [0.29, 0.717) is 23.4 Å². The molecule has 0 saturated carbocycles. The Morgan fingerprint density at radius 3 is 2.63 bits per heavy atom. The van der Waals surface area contributed by atoms with E-state index < -0.39 is 9.84 Å². The molecule has 1 aromatic carbocycles. The highest BCUT2D eigenvalue weighted by Crippen LogP contribution is 2.39. The molecule has 3 aromatic rings. The highest BCUT2D eigenvalue weighted by molar-refractivity contribution is 7.90. The normalized spacial score (nSPS) is 16.5. The molecule has 1 aliphatic rings. The topological polar surface area (TPSA) is 85.1 Å². The number of fused-ring (bicyclic) bond motifs is 1. The summed E-state index contributed by atoms with van der Waals surface area (Å²) in [5.74, 6) is 0.477. The summed E-state index contributed by atoms with van der Waals surface area (Å²) in [6, 6.07) is 9.11. The van der Waals surface area contributed by atoms with Crippen LogP contribution in [0.5, 0.6) is 0 Å². The number of hydrogen-bond acceptors (Lipinski definition) is 5. The lowest BCUT2D eigenvalue weighted by atomic mass is 10.0. The van der Waals surface area contributed by atoms with Gasteiger partial charge in [-0.2, -0.15) is 0 Å². The summed E-state index contributed by atoms with van der Waals surface area (Å²) >= 11 is 0. The molecule has 1 unspecified atom stereocenters. The molecule has 4 rings (SSSR count). The predicted molar refractivity (Wildman–Crippen MR) is 98.4 cm³/mol. The molecule has 1 N–H and O–H groups in total. The molecule has 0 radical (unpaired) electrons. The first-order valence-corrected chi connectivity index (χ1v) is 10.4. The van der Waals surface area contributed by atoms with Crippen LogP contribution in [-0.4, -0.2) is 40.9 Å². The number of sulfone groups is 1. The Hall–Kier alpha value is -2.58. The number of hydrogen-bond donors (Lipinski definition) is 1. The summed E-state index contributed by atoms with van der Waals surface area (Å²) < 4.78 is 39.2. The number of pyridine rings is 1. The summed E-state index contributed by atoms with van der Waals surface area (Å²) in [4.78, 5) is 8.67. The van der Waals surface area contributed by atoms with Crippen LogP contribution in [0.3, 0.4) is 0 Å². The van der Waals surface area contributed by atoms with Crippen LogP contribution in [0.15, 0.2) is 47.6 Å². The fourth-order valence-electron chi connectivity index (χ4n) is 3.49. The van der Waals surface area contributed by atoms with Crippen molar-refractivity contribution < 1.29 is 17.9 Å². The second-order valence-corrected chi connectivity index (χ2v) is 8.59. The molecule has 0 fully saturated rings. The van der Waals surface area contributed by atoms with Gasteiger partial charge in [0.1, 0.15) is 11.6 Å². The molecule has 3 heterocycles. The minimum Gasteiger partial charge on any atom is -0.394 e. The Kier molecular flexibility index (Phi) is 4.32. The van der Waals surface area contributed by atoms with Crippen molar-refractivity contribution in [1.82, 2.24) is 14.5 Å². The van der Waals surface area contributed by atoms with Crippen molar-refractivity contribution in [2.24, 2.45) is 0 Å². The summed E-state index contributed by atoms with van der Waals surface area (Å²) in [5.41, 5.74) is 2.71. The largest absolute Gasteiger partial charge is 0.394 e. The molecule has 0 bridgehead atoms. The smallest absolute Gasteiger partial charge is 0.192 e. The van der Waals surface area contributed by atoms with Gasteiger partial charge in [0.05, 0.1) is 24.0 Å². The van der Waals surface area contributed by atoms with Gasteiger partial charge in [-0.25, -0.2) is 22.8 Å². The fraction of sp³-hybridized carbons (Fsp3) is 0.263. The highest BCUT2D eigenvalue weighted by atomic mass is 32.2. The molecule has 27 heavy (non-hydrogen) atoms. The predicted octanol–water partition coefficient (Wildman–Crippen LogP) is 2.63. The van der Waals surface area contributed by atoms with Gasteiger partial charge in [-0.05, 0) is 42.8 Å². The lowest BCUT2D eigenvalue weighted by Gasteiger charge is -2.15. The molecular formula is C19H18FN3O3S. The minimum absolute atomic E-state index is 0.0286. The molecule has 0 spiro atoms. The van der Waals surface area contributed by atoms with Gasteiger partial charge in [0.15, 0.2) is 14.9 Å². The lowest BCUT2D eigenvalue weighted by Crippen LogP contribution is -2.10. The van der Waals surface area contributed by atoms with Gasteiger partial charge >= 0.3 is 0 Å². The van der Waals surface area contributed by atoms with Crippen LogP contribution in [0.1, 0.15) is 18.3 Å². The van der Waals surface area contributed by atoms with E-state index in [9.17, 15) is 17.9 Å². The molecule has 2 aromatic heterocycles. The van der Waals surface area contributed by atoms with Gasteiger partial charge in [-0.1, -0.05) is 0 Å². The third-order valence-electron chi connectivity index (χ3n) is 4.77. The van der Waals surface area contributed by atoms with Gasteiger partial charge in [0, 0.05) is 30.0 Å². The van der Waals surface area contributed by atoms with Crippen LogP contribution >= 0.6 is 0 Å². The third kappa shape index (κ3) is 3.15. The van der Waals surface area contributed by atoms with E-state index >= 15 is 0 Å². The Labute approximate surface area is 156 Å². The maximum atomic E-state index is 13.4.